The second kappa shape index (κ2) is 7.47. The molecule has 2 aromatic heterocycles. The molecule has 0 aliphatic carbocycles. The largest absolute Gasteiger partial charge is 0.396 e. The maximum Gasteiger partial charge on any atom is 0.256 e. The quantitative estimate of drug-likeness (QED) is 0.722. The van der Waals surface area contributed by atoms with Crippen molar-refractivity contribution in [3.63, 3.8) is 0 Å². The van der Waals surface area contributed by atoms with Crippen molar-refractivity contribution < 1.29 is 9.90 Å². The van der Waals surface area contributed by atoms with E-state index in [2.05, 4.69) is 9.97 Å². The zero-order valence-electron chi connectivity index (χ0n) is 13.1. The first kappa shape index (κ1) is 16.5. The number of nitrogens with one attached hydrogen (secondary N) is 1. The number of nitrogens with zero attached hydrogens (tertiary/aromatic N) is 2. The molecule has 1 amide bonds. The number of hydrogen-bond donors (Lipinski definition) is 2. The van der Waals surface area contributed by atoms with Crippen molar-refractivity contribution in [2.24, 2.45) is 0 Å². The van der Waals surface area contributed by atoms with E-state index < -0.39 is 0 Å². The van der Waals surface area contributed by atoms with E-state index in [9.17, 15) is 4.79 Å². The van der Waals surface area contributed by atoms with Gasteiger partial charge in [0.15, 0.2) is 0 Å². The van der Waals surface area contributed by atoms with Gasteiger partial charge < -0.3 is 15.0 Å². The van der Waals surface area contributed by atoms with E-state index >= 15 is 0 Å². The zero-order valence-corrected chi connectivity index (χ0v) is 13.8. The lowest BCUT2D eigenvalue weighted by Crippen LogP contribution is -2.31. The third kappa shape index (κ3) is 3.58. The molecule has 0 spiro atoms. The number of carbonyl (C=O) groups is 1. The molecule has 5 nitrogen and oxygen atoms in total. The van der Waals surface area contributed by atoms with Crippen LogP contribution in [0.15, 0.2) is 48.8 Å². The lowest BCUT2D eigenvalue weighted by Gasteiger charge is -2.22. The molecule has 0 aliphatic heterocycles. The highest BCUT2D eigenvalue weighted by Gasteiger charge is 2.19. The minimum atomic E-state index is -0.0947. The van der Waals surface area contributed by atoms with Crippen molar-refractivity contribution in [2.75, 3.05) is 13.2 Å². The number of aromatic amines is 1. The van der Waals surface area contributed by atoms with Gasteiger partial charge in [0.05, 0.1) is 5.56 Å². The van der Waals surface area contributed by atoms with Crippen LogP contribution in [0.1, 0.15) is 22.3 Å². The van der Waals surface area contributed by atoms with Gasteiger partial charge in [0.25, 0.3) is 5.91 Å². The Hall–Kier alpha value is -2.37. The molecular formula is C18H18ClN3O2. The number of pyridine rings is 1. The highest BCUT2D eigenvalue weighted by atomic mass is 35.5. The molecule has 6 heteroatoms. The lowest BCUT2D eigenvalue weighted by atomic mass is 10.1. The Kier molecular flexibility index (Phi) is 5.13. The van der Waals surface area contributed by atoms with Crippen LogP contribution in [0.5, 0.6) is 0 Å². The van der Waals surface area contributed by atoms with Crippen LogP contribution in [-0.4, -0.2) is 39.0 Å². The van der Waals surface area contributed by atoms with Crippen molar-refractivity contribution in [1.82, 2.24) is 14.9 Å². The third-order valence-corrected chi connectivity index (χ3v) is 4.05. The van der Waals surface area contributed by atoms with Gasteiger partial charge >= 0.3 is 0 Å². The molecule has 3 rings (SSSR count). The molecule has 24 heavy (non-hydrogen) atoms. The first-order chi connectivity index (χ1) is 11.7. The Labute approximate surface area is 144 Å². The van der Waals surface area contributed by atoms with Gasteiger partial charge in [-0.3, -0.25) is 4.79 Å². The molecule has 0 bridgehead atoms. The van der Waals surface area contributed by atoms with E-state index in [1.54, 1.807) is 23.4 Å². The van der Waals surface area contributed by atoms with Gasteiger partial charge in [0.2, 0.25) is 0 Å². The Morgan fingerprint density at radius 1 is 1.29 bits per heavy atom. The number of aromatic nitrogens is 2. The molecular weight excluding hydrogens is 326 g/mol. The van der Waals surface area contributed by atoms with E-state index in [4.69, 9.17) is 16.7 Å². The number of carbonyl (C=O) groups excluding carboxylic acids is 1. The summed E-state index contributed by atoms with van der Waals surface area (Å²) in [4.78, 5) is 21.9. The minimum Gasteiger partial charge on any atom is -0.396 e. The van der Waals surface area contributed by atoms with Gasteiger partial charge in [-0.15, -0.1) is 0 Å². The Balaban J connectivity index is 1.88. The average molecular weight is 344 g/mol. The van der Waals surface area contributed by atoms with Crippen LogP contribution < -0.4 is 0 Å². The van der Waals surface area contributed by atoms with Crippen molar-refractivity contribution in [3.8, 4) is 0 Å². The molecule has 0 fully saturated rings. The van der Waals surface area contributed by atoms with E-state index in [0.717, 1.165) is 10.9 Å². The van der Waals surface area contributed by atoms with Crippen molar-refractivity contribution in [3.05, 3.63) is 64.9 Å². The molecule has 1 aromatic carbocycles. The SMILES string of the molecule is O=C(c1c[nH]c2ncccc12)N(CCCO)Cc1cccc(Cl)c1. The number of H-pyrrole nitrogens is 1. The van der Waals surface area contributed by atoms with Gasteiger partial charge in [0.1, 0.15) is 5.65 Å². The first-order valence-corrected chi connectivity index (χ1v) is 8.13. The number of fused-ring (bicyclic) bond motifs is 1. The molecule has 2 heterocycles. The molecule has 3 aromatic rings. The van der Waals surface area contributed by atoms with Gasteiger partial charge in [0, 0.05) is 42.5 Å². The molecule has 124 valence electrons. The van der Waals surface area contributed by atoms with Gasteiger partial charge in [-0.05, 0) is 36.2 Å². The average Bonchev–Trinajstić information content (AvgIpc) is 3.02. The van der Waals surface area contributed by atoms with Crippen LogP contribution in [0.25, 0.3) is 11.0 Å². The molecule has 0 saturated heterocycles. The van der Waals surface area contributed by atoms with Gasteiger partial charge in [-0.1, -0.05) is 23.7 Å². The minimum absolute atomic E-state index is 0.0365. The van der Waals surface area contributed by atoms with Gasteiger partial charge in [-0.2, -0.15) is 0 Å². The van der Waals surface area contributed by atoms with Crippen LogP contribution in [0.3, 0.4) is 0 Å². The van der Waals surface area contributed by atoms with Gasteiger partial charge in [-0.25, -0.2) is 4.98 Å². The van der Waals surface area contributed by atoms with Crippen LogP contribution in [-0.2, 0) is 6.54 Å². The van der Waals surface area contributed by atoms with Crippen molar-refractivity contribution >= 4 is 28.5 Å². The molecule has 0 unspecified atom stereocenters. The summed E-state index contributed by atoms with van der Waals surface area (Å²) in [7, 11) is 0. The smallest absolute Gasteiger partial charge is 0.256 e. The third-order valence-electron chi connectivity index (χ3n) is 3.82. The van der Waals surface area contributed by atoms with E-state index in [-0.39, 0.29) is 12.5 Å². The Morgan fingerprint density at radius 3 is 2.96 bits per heavy atom. The Bertz CT molecular complexity index is 847. The maximum atomic E-state index is 13.0. The summed E-state index contributed by atoms with van der Waals surface area (Å²) < 4.78 is 0. The van der Waals surface area contributed by atoms with E-state index in [1.807, 2.05) is 30.3 Å². The van der Waals surface area contributed by atoms with E-state index in [0.29, 0.717) is 35.7 Å². The normalized spacial score (nSPS) is 10.9. The monoisotopic (exact) mass is 343 g/mol. The van der Waals surface area contributed by atoms with Crippen LogP contribution in [0.4, 0.5) is 0 Å². The van der Waals surface area contributed by atoms with Crippen molar-refractivity contribution in [1.29, 1.82) is 0 Å². The van der Waals surface area contributed by atoms with Crippen LogP contribution >= 0.6 is 11.6 Å². The topological polar surface area (TPSA) is 69.2 Å². The fourth-order valence-electron chi connectivity index (χ4n) is 2.67. The highest BCUT2D eigenvalue weighted by molar-refractivity contribution is 6.30. The van der Waals surface area contributed by atoms with Crippen LogP contribution in [0, 0.1) is 0 Å². The second-order valence-corrected chi connectivity index (χ2v) is 5.97. The molecule has 0 aliphatic rings. The maximum absolute atomic E-state index is 13.0. The summed E-state index contributed by atoms with van der Waals surface area (Å²) in [6.07, 6.45) is 3.89. The number of halogens is 1. The summed E-state index contributed by atoms with van der Waals surface area (Å²) in [5.41, 5.74) is 2.22. The number of aliphatic hydroxyl groups is 1. The summed E-state index contributed by atoms with van der Waals surface area (Å²) in [5.74, 6) is -0.0947. The molecule has 0 radical (unpaired) electrons. The number of benzene rings is 1. The lowest BCUT2D eigenvalue weighted by molar-refractivity contribution is 0.0734. The number of rotatable bonds is 6. The predicted octanol–water partition coefficient (Wildman–Crippen LogP) is 3.24. The number of hydrogen-bond acceptors (Lipinski definition) is 3. The summed E-state index contributed by atoms with van der Waals surface area (Å²) in [6, 6.07) is 11.1. The second-order valence-electron chi connectivity index (χ2n) is 5.54. The summed E-state index contributed by atoms with van der Waals surface area (Å²) >= 11 is 6.03. The first-order valence-electron chi connectivity index (χ1n) is 7.75. The highest BCUT2D eigenvalue weighted by Crippen LogP contribution is 2.20. The summed E-state index contributed by atoms with van der Waals surface area (Å²) in [5, 5.41) is 10.6. The molecule has 2 N–H and O–H groups in total. The predicted molar refractivity (Wildman–Crippen MR) is 94.0 cm³/mol. The van der Waals surface area contributed by atoms with E-state index in [1.165, 1.54) is 0 Å². The fourth-order valence-corrected chi connectivity index (χ4v) is 2.89. The summed E-state index contributed by atoms with van der Waals surface area (Å²) in [6.45, 7) is 0.940. The fraction of sp³-hybridized carbons (Fsp3) is 0.222. The number of aliphatic hydroxyl groups excluding tert-OH is 1. The zero-order chi connectivity index (χ0) is 16.9. The number of amides is 1. The van der Waals surface area contributed by atoms with Crippen molar-refractivity contribution in [2.45, 2.75) is 13.0 Å². The molecule has 0 atom stereocenters. The standard InChI is InChI=1S/C18H18ClN3O2/c19-14-5-1-4-13(10-14)12-22(8-3-9-23)18(24)16-11-21-17-15(16)6-2-7-20-17/h1-2,4-7,10-11,23H,3,8-9,12H2,(H,20,21). The van der Waals surface area contributed by atoms with Crippen LogP contribution in [0.2, 0.25) is 5.02 Å². The molecule has 0 saturated carbocycles. The Morgan fingerprint density at radius 2 is 2.17 bits per heavy atom.